The summed E-state index contributed by atoms with van der Waals surface area (Å²) in [6.45, 7) is 0. The molecule has 8 heavy (non-hydrogen) atoms. The van der Waals surface area contributed by atoms with Crippen molar-refractivity contribution in [3.63, 3.8) is 0 Å². The van der Waals surface area contributed by atoms with Gasteiger partial charge in [-0.25, -0.2) is 0 Å². The van der Waals surface area contributed by atoms with Crippen LogP contribution in [0.15, 0.2) is 12.2 Å². The summed E-state index contributed by atoms with van der Waals surface area (Å²) in [6, 6.07) is 0. The lowest BCUT2D eigenvalue weighted by atomic mass is 10.1. The Hall–Kier alpha value is -0.260. The molecule has 1 aliphatic rings. The molecule has 0 heterocycles. The summed E-state index contributed by atoms with van der Waals surface area (Å²) >= 11 is 0. The second-order valence-corrected chi connectivity index (χ2v) is 2.28. The minimum Gasteiger partial charge on any atom is -0.0885 e. The van der Waals surface area contributed by atoms with Gasteiger partial charge in [0.2, 0.25) is 0 Å². The van der Waals surface area contributed by atoms with E-state index in [1.54, 1.807) is 0 Å². The van der Waals surface area contributed by atoms with Crippen molar-refractivity contribution in [3.05, 3.63) is 18.6 Å². The Labute approximate surface area is 51.6 Å². The predicted molar refractivity (Wildman–Crippen MR) is 36.5 cm³/mol. The largest absolute Gasteiger partial charge is 0.0885 e. The van der Waals surface area contributed by atoms with Gasteiger partial charge in [-0.15, -0.1) is 0 Å². The minimum absolute atomic E-state index is 1.19. The zero-order valence-corrected chi connectivity index (χ0v) is 5.27. The Balaban J connectivity index is 2.17. The van der Waals surface area contributed by atoms with Crippen molar-refractivity contribution in [2.24, 2.45) is 0 Å². The van der Waals surface area contributed by atoms with E-state index in [1.165, 1.54) is 32.1 Å². The van der Waals surface area contributed by atoms with Crippen LogP contribution in [0, 0.1) is 6.42 Å². The zero-order valence-electron chi connectivity index (χ0n) is 5.27. The molecular formula is C8H13. The highest BCUT2D eigenvalue weighted by Crippen LogP contribution is 2.08. The Morgan fingerprint density at radius 2 is 1.75 bits per heavy atom. The number of allylic oxidation sites excluding steroid dienone is 2. The van der Waals surface area contributed by atoms with Crippen LogP contribution in [0.3, 0.4) is 0 Å². The van der Waals surface area contributed by atoms with Gasteiger partial charge in [-0.1, -0.05) is 18.6 Å². The quantitative estimate of drug-likeness (QED) is 0.419. The third-order valence-electron chi connectivity index (χ3n) is 1.50. The second kappa shape index (κ2) is 3.71. The van der Waals surface area contributed by atoms with Gasteiger partial charge >= 0.3 is 0 Å². The first-order chi connectivity index (χ1) is 4.00. The van der Waals surface area contributed by atoms with Crippen LogP contribution in [-0.4, -0.2) is 0 Å². The lowest BCUT2D eigenvalue weighted by Gasteiger charge is -1.99. The van der Waals surface area contributed by atoms with Crippen LogP contribution in [-0.2, 0) is 0 Å². The topological polar surface area (TPSA) is 0 Å². The van der Waals surface area contributed by atoms with Gasteiger partial charge in [0.15, 0.2) is 0 Å². The maximum Gasteiger partial charge on any atom is -0.0319 e. The summed E-state index contributed by atoms with van der Waals surface area (Å²) in [4.78, 5) is 0. The predicted octanol–water partition coefficient (Wildman–Crippen LogP) is 2.71. The van der Waals surface area contributed by atoms with Crippen molar-refractivity contribution in [3.8, 4) is 0 Å². The van der Waals surface area contributed by atoms with E-state index in [0.29, 0.717) is 0 Å². The van der Waals surface area contributed by atoms with Crippen LogP contribution >= 0.6 is 0 Å². The molecule has 0 aromatic heterocycles. The molecule has 0 amide bonds. The first kappa shape index (κ1) is 5.87. The first-order valence-corrected chi connectivity index (χ1v) is 3.47. The van der Waals surface area contributed by atoms with Crippen LogP contribution in [0.1, 0.15) is 32.1 Å². The Morgan fingerprint density at radius 3 is 2.75 bits per heavy atom. The van der Waals surface area contributed by atoms with Crippen molar-refractivity contribution in [2.75, 3.05) is 0 Å². The van der Waals surface area contributed by atoms with Crippen LogP contribution in [0.25, 0.3) is 0 Å². The van der Waals surface area contributed by atoms with Crippen molar-refractivity contribution >= 4 is 0 Å². The van der Waals surface area contributed by atoms with Crippen LogP contribution in [0.5, 0.6) is 0 Å². The normalized spacial score (nSPS) is 22.0. The average molecular weight is 109 g/mol. The second-order valence-electron chi connectivity index (χ2n) is 2.28. The average Bonchev–Trinajstić information content (AvgIpc) is 1.62. The smallest absolute Gasteiger partial charge is 0.0319 e. The van der Waals surface area contributed by atoms with E-state index >= 15 is 0 Å². The van der Waals surface area contributed by atoms with Gasteiger partial charge in [0, 0.05) is 0 Å². The summed E-state index contributed by atoms with van der Waals surface area (Å²) < 4.78 is 0. The molecular weight excluding hydrogens is 96.1 g/mol. The minimum atomic E-state index is 1.19. The molecule has 0 atom stereocenters. The SMILES string of the molecule is [CH]1CC=CCCCC1. The highest BCUT2D eigenvalue weighted by atomic mass is 14.0. The number of hydrogen-bond donors (Lipinski definition) is 0. The first-order valence-electron chi connectivity index (χ1n) is 3.47. The van der Waals surface area contributed by atoms with E-state index in [2.05, 4.69) is 18.6 Å². The maximum atomic E-state index is 2.36. The molecule has 0 heteroatoms. The van der Waals surface area contributed by atoms with Gasteiger partial charge in [0.1, 0.15) is 0 Å². The van der Waals surface area contributed by atoms with E-state index in [4.69, 9.17) is 0 Å². The highest BCUT2D eigenvalue weighted by Gasteiger charge is 1.90. The molecule has 0 aromatic rings. The van der Waals surface area contributed by atoms with Gasteiger partial charge in [-0.2, -0.15) is 0 Å². The molecule has 0 unspecified atom stereocenters. The molecule has 0 aromatic carbocycles. The molecule has 0 nitrogen and oxygen atoms in total. The lowest BCUT2D eigenvalue weighted by Crippen LogP contribution is -1.81. The summed E-state index contributed by atoms with van der Waals surface area (Å²) in [7, 11) is 0. The molecule has 0 fully saturated rings. The molecule has 0 saturated carbocycles. The van der Waals surface area contributed by atoms with Crippen LogP contribution in [0.4, 0.5) is 0 Å². The van der Waals surface area contributed by atoms with Crippen molar-refractivity contribution in [1.29, 1.82) is 0 Å². The fourth-order valence-electron chi connectivity index (χ4n) is 0.979. The third kappa shape index (κ3) is 2.15. The Morgan fingerprint density at radius 1 is 0.875 bits per heavy atom. The van der Waals surface area contributed by atoms with Crippen molar-refractivity contribution < 1.29 is 0 Å². The van der Waals surface area contributed by atoms with Gasteiger partial charge < -0.3 is 0 Å². The molecule has 1 radical (unpaired) electrons. The van der Waals surface area contributed by atoms with Gasteiger partial charge in [-0.05, 0) is 32.1 Å². The van der Waals surface area contributed by atoms with E-state index < -0.39 is 0 Å². The Kier molecular flexibility index (Phi) is 2.72. The third-order valence-corrected chi connectivity index (χ3v) is 1.50. The van der Waals surface area contributed by atoms with Gasteiger partial charge in [0.05, 0.1) is 0 Å². The summed E-state index contributed by atoms with van der Waals surface area (Å²) in [5.74, 6) is 0. The highest BCUT2D eigenvalue weighted by molar-refractivity contribution is 4.88. The summed E-state index contributed by atoms with van der Waals surface area (Å²) in [5, 5.41) is 0. The van der Waals surface area contributed by atoms with Crippen LogP contribution in [0.2, 0.25) is 0 Å². The van der Waals surface area contributed by atoms with Crippen LogP contribution < -0.4 is 0 Å². The molecule has 0 aliphatic heterocycles. The fraction of sp³-hybridized carbons (Fsp3) is 0.625. The summed E-state index contributed by atoms with van der Waals surface area (Å²) in [6.07, 6.45) is 13.5. The fourth-order valence-corrected chi connectivity index (χ4v) is 0.979. The lowest BCUT2D eigenvalue weighted by molar-refractivity contribution is 0.717. The standard InChI is InChI=1S/C8H13/c1-2-4-6-8-7-5-3-1/h1-2,5H,3-4,6-8H2. The number of hydrogen-bond acceptors (Lipinski definition) is 0. The molecule has 0 bridgehead atoms. The molecule has 0 N–H and O–H groups in total. The van der Waals surface area contributed by atoms with E-state index in [0.717, 1.165) is 0 Å². The molecule has 1 rings (SSSR count). The molecule has 0 spiro atoms. The van der Waals surface area contributed by atoms with E-state index in [1.807, 2.05) is 0 Å². The molecule has 1 aliphatic carbocycles. The molecule has 0 saturated heterocycles. The zero-order chi connectivity index (χ0) is 5.66. The summed E-state index contributed by atoms with van der Waals surface area (Å²) in [5.41, 5.74) is 0. The Bertz CT molecular complexity index is 62.1. The number of rotatable bonds is 0. The van der Waals surface area contributed by atoms with Crippen molar-refractivity contribution in [2.45, 2.75) is 32.1 Å². The van der Waals surface area contributed by atoms with Gasteiger partial charge in [-0.3, -0.25) is 0 Å². The maximum absolute atomic E-state index is 2.36. The molecule has 45 valence electrons. The van der Waals surface area contributed by atoms with E-state index in [9.17, 15) is 0 Å². The van der Waals surface area contributed by atoms with Gasteiger partial charge in [0.25, 0.3) is 0 Å². The van der Waals surface area contributed by atoms with E-state index in [-0.39, 0.29) is 0 Å². The monoisotopic (exact) mass is 109 g/mol. The van der Waals surface area contributed by atoms with Crippen molar-refractivity contribution in [1.82, 2.24) is 0 Å².